The fraction of sp³-hybridized carbons (Fsp3) is 0.320. The van der Waals surface area contributed by atoms with Gasteiger partial charge in [-0.15, -0.1) is 0 Å². The number of nitrogens with zero attached hydrogens (tertiary/aromatic N) is 5. The van der Waals surface area contributed by atoms with Crippen molar-refractivity contribution in [3.05, 3.63) is 59.5 Å². The van der Waals surface area contributed by atoms with Gasteiger partial charge >= 0.3 is 0 Å². The summed E-state index contributed by atoms with van der Waals surface area (Å²) in [5.74, 6) is 0.962. The minimum Gasteiger partial charge on any atom is -0.379 e. The topological polar surface area (TPSA) is 107 Å². The first-order chi connectivity index (χ1) is 16.9. The molecule has 1 fully saturated rings. The average molecular weight is 474 g/mol. The number of hydrogen-bond acceptors (Lipinski definition) is 7. The number of aromatic nitrogens is 5. The maximum Gasteiger partial charge on any atom is 0.235 e. The molecule has 1 amide bonds. The first-order valence-corrected chi connectivity index (χ1v) is 11.6. The Morgan fingerprint density at radius 2 is 2.09 bits per heavy atom. The van der Waals surface area contributed by atoms with Gasteiger partial charge in [-0.3, -0.25) is 4.79 Å². The fourth-order valence-electron chi connectivity index (χ4n) is 4.65. The highest BCUT2D eigenvalue weighted by molar-refractivity contribution is 6.06. The van der Waals surface area contributed by atoms with Crippen LogP contribution in [-0.4, -0.2) is 49.9 Å². The van der Waals surface area contributed by atoms with E-state index in [9.17, 15) is 9.18 Å². The third-order valence-corrected chi connectivity index (χ3v) is 6.60. The summed E-state index contributed by atoms with van der Waals surface area (Å²) in [5.41, 5.74) is 1.55. The van der Waals surface area contributed by atoms with E-state index in [1.54, 1.807) is 29.1 Å². The van der Waals surface area contributed by atoms with Crippen LogP contribution in [0.2, 0.25) is 0 Å². The minimum atomic E-state index is -0.788. The number of nitrogens with one attached hydrogen (secondary N) is 2. The molecular weight excluding hydrogens is 449 g/mol. The van der Waals surface area contributed by atoms with Crippen LogP contribution in [0.4, 0.5) is 16.0 Å². The lowest BCUT2D eigenvalue weighted by molar-refractivity contribution is -0.119. The molecule has 1 saturated heterocycles. The summed E-state index contributed by atoms with van der Waals surface area (Å²) in [4.78, 5) is 26.8. The zero-order valence-corrected chi connectivity index (χ0v) is 19.4. The Balaban J connectivity index is 1.49. The highest BCUT2D eigenvalue weighted by Crippen LogP contribution is 2.42. The quantitative estimate of drug-likeness (QED) is 0.457. The van der Waals surface area contributed by atoms with Crippen molar-refractivity contribution in [1.29, 1.82) is 0 Å². The van der Waals surface area contributed by atoms with E-state index in [0.717, 1.165) is 17.4 Å². The number of carbonyl (C=O) groups excluding carboxylic acids is 1. The highest BCUT2D eigenvalue weighted by Gasteiger charge is 2.43. The maximum atomic E-state index is 14.4. The molecule has 9 nitrogen and oxygen atoms in total. The van der Waals surface area contributed by atoms with Crippen LogP contribution in [0.15, 0.2) is 42.6 Å². The fourth-order valence-corrected chi connectivity index (χ4v) is 4.65. The molecule has 10 heteroatoms. The molecule has 5 heterocycles. The van der Waals surface area contributed by atoms with Crippen LogP contribution >= 0.6 is 0 Å². The SMILES string of the molecule is CC1(C)C(=O)Nc2nc(-c3nn(Cc4ccccc4F)c4ncccc34)nc(NC3CCOC3)c21. The Kier molecular flexibility index (Phi) is 4.99. The van der Waals surface area contributed by atoms with Crippen molar-refractivity contribution in [3.63, 3.8) is 0 Å². The molecule has 4 aromatic rings. The van der Waals surface area contributed by atoms with Gasteiger partial charge in [-0.2, -0.15) is 5.10 Å². The number of hydrogen-bond donors (Lipinski definition) is 2. The molecule has 2 aliphatic heterocycles. The van der Waals surface area contributed by atoms with Crippen LogP contribution in [-0.2, 0) is 21.5 Å². The molecule has 1 unspecified atom stereocenters. The van der Waals surface area contributed by atoms with Crippen molar-refractivity contribution in [2.75, 3.05) is 23.8 Å². The van der Waals surface area contributed by atoms with Crippen molar-refractivity contribution in [2.24, 2.45) is 0 Å². The Labute approximate surface area is 200 Å². The molecule has 6 rings (SSSR count). The second kappa shape index (κ2) is 8.09. The number of amides is 1. The molecule has 35 heavy (non-hydrogen) atoms. The lowest BCUT2D eigenvalue weighted by atomic mass is 9.87. The molecule has 0 saturated carbocycles. The van der Waals surface area contributed by atoms with E-state index < -0.39 is 5.41 Å². The van der Waals surface area contributed by atoms with Gasteiger partial charge < -0.3 is 15.4 Å². The van der Waals surface area contributed by atoms with Crippen LogP contribution in [0.5, 0.6) is 0 Å². The number of rotatable bonds is 5. The van der Waals surface area contributed by atoms with Crippen LogP contribution in [0, 0.1) is 5.82 Å². The number of fused-ring (bicyclic) bond motifs is 2. The van der Waals surface area contributed by atoms with Gasteiger partial charge in [-0.25, -0.2) is 24.0 Å². The molecule has 1 atom stereocenters. The molecule has 2 N–H and O–H groups in total. The zero-order valence-electron chi connectivity index (χ0n) is 19.4. The van der Waals surface area contributed by atoms with E-state index in [0.29, 0.717) is 47.6 Å². The van der Waals surface area contributed by atoms with Crippen LogP contribution < -0.4 is 10.6 Å². The van der Waals surface area contributed by atoms with Gasteiger partial charge in [0.05, 0.1) is 35.6 Å². The molecule has 0 bridgehead atoms. The van der Waals surface area contributed by atoms with Crippen molar-refractivity contribution >= 4 is 28.6 Å². The highest BCUT2D eigenvalue weighted by atomic mass is 19.1. The van der Waals surface area contributed by atoms with Gasteiger partial charge in [0.1, 0.15) is 23.1 Å². The predicted octanol–water partition coefficient (Wildman–Crippen LogP) is 3.51. The molecule has 178 valence electrons. The van der Waals surface area contributed by atoms with Crippen molar-refractivity contribution in [1.82, 2.24) is 24.7 Å². The van der Waals surface area contributed by atoms with Gasteiger partial charge in [0.2, 0.25) is 5.91 Å². The summed E-state index contributed by atoms with van der Waals surface area (Å²) in [5, 5.41) is 11.9. The number of benzene rings is 1. The first kappa shape index (κ1) is 21.6. The van der Waals surface area contributed by atoms with Crippen molar-refractivity contribution < 1.29 is 13.9 Å². The Morgan fingerprint density at radius 1 is 1.23 bits per heavy atom. The number of pyridine rings is 1. The zero-order chi connectivity index (χ0) is 24.2. The van der Waals surface area contributed by atoms with Crippen molar-refractivity contribution in [3.8, 4) is 11.5 Å². The normalized spacial score (nSPS) is 18.6. The molecule has 0 radical (unpaired) electrons. The minimum absolute atomic E-state index is 0.0883. The van der Waals surface area contributed by atoms with E-state index in [1.807, 2.05) is 26.0 Å². The Bertz CT molecular complexity index is 1460. The van der Waals surface area contributed by atoms with Gasteiger partial charge in [-0.1, -0.05) is 18.2 Å². The summed E-state index contributed by atoms with van der Waals surface area (Å²) >= 11 is 0. The Hall–Kier alpha value is -3.92. The van der Waals surface area contributed by atoms with E-state index in [2.05, 4.69) is 15.6 Å². The number of halogens is 1. The predicted molar refractivity (Wildman–Crippen MR) is 129 cm³/mol. The molecule has 1 aromatic carbocycles. The van der Waals surface area contributed by atoms with Crippen LogP contribution in [0.1, 0.15) is 31.4 Å². The standard InChI is InChI=1S/C25H24FN7O2/c1-25(2)18-20(28-15-9-11-35-13-15)29-22(30-21(18)31-24(25)34)19-16-7-5-10-27-23(16)33(32-19)12-14-6-3-4-8-17(14)26/h3-8,10,15H,9,11-13H2,1-2H3,(H2,28,29,30,31,34). The smallest absolute Gasteiger partial charge is 0.235 e. The molecular formula is C25H24FN7O2. The average Bonchev–Trinajstić information content (AvgIpc) is 3.53. The lowest BCUT2D eigenvalue weighted by Crippen LogP contribution is -2.29. The monoisotopic (exact) mass is 473 g/mol. The molecule has 2 aliphatic rings. The Morgan fingerprint density at radius 3 is 2.89 bits per heavy atom. The largest absolute Gasteiger partial charge is 0.379 e. The van der Waals surface area contributed by atoms with E-state index in [4.69, 9.17) is 19.8 Å². The first-order valence-electron chi connectivity index (χ1n) is 11.6. The molecule has 0 spiro atoms. The lowest BCUT2D eigenvalue weighted by Gasteiger charge is -2.21. The number of carbonyl (C=O) groups is 1. The van der Waals surface area contributed by atoms with Crippen LogP contribution in [0.25, 0.3) is 22.6 Å². The third kappa shape index (κ3) is 3.61. The van der Waals surface area contributed by atoms with Gasteiger partial charge in [0.25, 0.3) is 0 Å². The van der Waals surface area contributed by atoms with Gasteiger partial charge in [-0.05, 0) is 38.5 Å². The van der Waals surface area contributed by atoms with Gasteiger partial charge in [0, 0.05) is 18.4 Å². The summed E-state index contributed by atoms with van der Waals surface area (Å²) in [6.07, 6.45) is 2.52. The summed E-state index contributed by atoms with van der Waals surface area (Å²) < 4.78 is 21.5. The third-order valence-electron chi connectivity index (χ3n) is 6.60. The van der Waals surface area contributed by atoms with Gasteiger partial charge in [0.15, 0.2) is 11.5 Å². The molecule has 3 aromatic heterocycles. The van der Waals surface area contributed by atoms with E-state index in [1.165, 1.54) is 6.07 Å². The molecule has 0 aliphatic carbocycles. The maximum absolute atomic E-state index is 14.4. The second-order valence-electron chi connectivity index (χ2n) is 9.38. The summed E-state index contributed by atoms with van der Waals surface area (Å²) in [7, 11) is 0. The number of ether oxygens (including phenoxy) is 1. The summed E-state index contributed by atoms with van der Waals surface area (Å²) in [6, 6.07) is 10.4. The van der Waals surface area contributed by atoms with Crippen LogP contribution in [0.3, 0.4) is 0 Å². The second-order valence-corrected chi connectivity index (χ2v) is 9.38. The number of anilines is 2. The van der Waals surface area contributed by atoms with Crippen molar-refractivity contribution in [2.45, 2.75) is 38.3 Å². The van der Waals surface area contributed by atoms with E-state index in [-0.39, 0.29) is 24.3 Å². The van der Waals surface area contributed by atoms with E-state index >= 15 is 0 Å². The summed E-state index contributed by atoms with van der Waals surface area (Å²) in [6.45, 7) is 5.17.